The molecule has 48 valence electrons. The Kier molecular flexibility index (Phi) is 3.44. The smallest absolute Gasteiger partial charge is 0.149 e. The van der Waals surface area contributed by atoms with E-state index in [0.29, 0.717) is 6.42 Å². The van der Waals surface area contributed by atoms with Crippen molar-refractivity contribution in [3.8, 4) is 0 Å². The van der Waals surface area contributed by atoms with Gasteiger partial charge >= 0.3 is 0 Å². The van der Waals surface area contributed by atoms with Crippen LogP contribution in [-0.2, 0) is 4.79 Å². The minimum absolute atomic E-state index is 0.160. The third-order valence-corrected chi connectivity index (χ3v) is 1.20. The van der Waals surface area contributed by atoms with Gasteiger partial charge in [0.15, 0.2) is 0 Å². The highest BCUT2D eigenvalue weighted by Crippen LogP contribution is 1.90. The van der Waals surface area contributed by atoms with Crippen LogP contribution >= 0.6 is 0 Å². The van der Waals surface area contributed by atoms with Crippen LogP contribution in [0.15, 0.2) is 0 Å². The molecule has 8 heavy (non-hydrogen) atoms. The van der Waals surface area contributed by atoms with E-state index in [1.54, 1.807) is 0 Å². The van der Waals surface area contributed by atoms with E-state index in [9.17, 15) is 4.79 Å². The molecule has 0 aliphatic heterocycles. The number of ketones is 1. The number of rotatable bonds is 3. The van der Waals surface area contributed by atoms with E-state index in [4.69, 9.17) is 5.73 Å². The van der Waals surface area contributed by atoms with Crippen LogP contribution in [0.25, 0.3) is 0 Å². The maximum Gasteiger partial charge on any atom is 0.149 e. The average molecular weight is 115 g/mol. The third-order valence-electron chi connectivity index (χ3n) is 1.20. The highest BCUT2D eigenvalue weighted by atomic mass is 16.1. The molecule has 0 aromatic carbocycles. The van der Waals surface area contributed by atoms with Crippen molar-refractivity contribution in [3.05, 3.63) is 0 Å². The lowest BCUT2D eigenvalue weighted by Crippen LogP contribution is -2.28. The molecule has 2 N–H and O–H groups in total. The second-order valence-corrected chi connectivity index (χ2v) is 1.83. The standard InChI is InChI=1S/C6H13NO/c1-3-5(7)6(8)4-2/h5H,3-4,7H2,1-2H3. The predicted molar refractivity (Wildman–Crippen MR) is 33.6 cm³/mol. The Bertz CT molecular complexity index is 80.6. The third kappa shape index (κ3) is 2.07. The summed E-state index contributed by atoms with van der Waals surface area (Å²) in [5, 5.41) is 0. The van der Waals surface area contributed by atoms with E-state index in [-0.39, 0.29) is 11.8 Å². The van der Waals surface area contributed by atoms with Crippen LogP contribution in [0.3, 0.4) is 0 Å². The summed E-state index contributed by atoms with van der Waals surface area (Å²) >= 11 is 0. The van der Waals surface area contributed by atoms with Gasteiger partial charge < -0.3 is 5.73 Å². The van der Waals surface area contributed by atoms with Crippen molar-refractivity contribution in [1.29, 1.82) is 0 Å². The number of hydrogen-bond acceptors (Lipinski definition) is 2. The molecule has 0 amide bonds. The van der Waals surface area contributed by atoms with Crippen LogP contribution in [0.4, 0.5) is 0 Å². The first-order valence-electron chi connectivity index (χ1n) is 3.00. The van der Waals surface area contributed by atoms with Crippen molar-refractivity contribution in [2.24, 2.45) is 5.73 Å². The average Bonchev–Trinajstić information content (AvgIpc) is 1.84. The van der Waals surface area contributed by atoms with Crippen LogP contribution < -0.4 is 5.73 Å². The van der Waals surface area contributed by atoms with Gasteiger partial charge in [-0.3, -0.25) is 4.79 Å². The molecule has 0 saturated heterocycles. The first-order chi connectivity index (χ1) is 3.72. The normalized spacial score (nSPS) is 13.4. The van der Waals surface area contributed by atoms with Gasteiger partial charge in [0.2, 0.25) is 0 Å². The summed E-state index contributed by atoms with van der Waals surface area (Å²) in [6.07, 6.45) is 1.32. The maximum absolute atomic E-state index is 10.6. The number of carbonyl (C=O) groups excluding carboxylic acids is 1. The van der Waals surface area contributed by atoms with Gasteiger partial charge in [0.05, 0.1) is 6.04 Å². The van der Waals surface area contributed by atoms with Gasteiger partial charge in [0.25, 0.3) is 0 Å². The monoisotopic (exact) mass is 115 g/mol. The zero-order valence-electron chi connectivity index (χ0n) is 5.48. The molecule has 2 heteroatoms. The quantitative estimate of drug-likeness (QED) is 0.588. The zero-order valence-corrected chi connectivity index (χ0v) is 5.48. The van der Waals surface area contributed by atoms with Gasteiger partial charge in [-0.1, -0.05) is 13.8 Å². The fourth-order valence-corrected chi connectivity index (χ4v) is 0.490. The molecule has 1 atom stereocenters. The minimum atomic E-state index is -0.222. The van der Waals surface area contributed by atoms with Gasteiger partial charge in [0, 0.05) is 6.42 Å². The maximum atomic E-state index is 10.6. The lowest BCUT2D eigenvalue weighted by molar-refractivity contribution is -0.120. The molecule has 0 fully saturated rings. The lowest BCUT2D eigenvalue weighted by atomic mass is 10.1. The number of nitrogens with two attached hydrogens (primary N) is 1. The summed E-state index contributed by atoms with van der Waals surface area (Å²) in [7, 11) is 0. The van der Waals surface area contributed by atoms with Gasteiger partial charge in [-0.25, -0.2) is 0 Å². The Morgan fingerprint density at radius 1 is 1.62 bits per heavy atom. The molecule has 0 rings (SSSR count). The highest BCUT2D eigenvalue weighted by molar-refractivity contribution is 5.83. The fourth-order valence-electron chi connectivity index (χ4n) is 0.490. The highest BCUT2D eigenvalue weighted by Gasteiger charge is 2.06. The molecule has 0 aromatic heterocycles. The first-order valence-corrected chi connectivity index (χ1v) is 3.00. The number of carbonyl (C=O) groups is 1. The second kappa shape index (κ2) is 3.61. The summed E-state index contributed by atoms with van der Waals surface area (Å²) in [6, 6.07) is -0.222. The van der Waals surface area contributed by atoms with Crippen LogP contribution in [0.5, 0.6) is 0 Å². The predicted octanol–water partition coefficient (Wildman–Crippen LogP) is 0.703. The Morgan fingerprint density at radius 2 is 2.12 bits per heavy atom. The summed E-state index contributed by atoms with van der Waals surface area (Å²) < 4.78 is 0. The van der Waals surface area contributed by atoms with E-state index in [0.717, 1.165) is 6.42 Å². The SMILES string of the molecule is CCC(=O)C(N)CC. The van der Waals surface area contributed by atoms with E-state index < -0.39 is 0 Å². The van der Waals surface area contributed by atoms with Crippen LogP contribution in [0.1, 0.15) is 26.7 Å². The molecular formula is C6H13NO. The molecule has 0 heterocycles. The Morgan fingerprint density at radius 3 is 2.25 bits per heavy atom. The Balaban J connectivity index is 3.46. The summed E-state index contributed by atoms with van der Waals surface area (Å²) in [5.41, 5.74) is 5.38. The minimum Gasteiger partial charge on any atom is -0.322 e. The van der Waals surface area contributed by atoms with Gasteiger partial charge in [-0.2, -0.15) is 0 Å². The van der Waals surface area contributed by atoms with Gasteiger partial charge in [0.1, 0.15) is 5.78 Å². The Hall–Kier alpha value is -0.370. The van der Waals surface area contributed by atoms with Crippen molar-refractivity contribution in [3.63, 3.8) is 0 Å². The van der Waals surface area contributed by atoms with E-state index in [1.165, 1.54) is 0 Å². The lowest BCUT2D eigenvalue weighted by Gasteiger charge is -2.02. The molecule has 0 aliphatic rings. The summed E-state index contributed by atoms with van der Waals surface area (Å²) in [4.78, 5) is 10.6. The van der Waals surface area contributed by atoms with Gasteiger partial charge in [-0.15, -0.1) is 0 Å². The topological polar surface area (TPSA) is 43.1 Å². The van der Waals surface area contributed by atoms with Gasteiger partial charge in [-0.05, 0) is 6.42 Å². The molecule has 0 saturated carbocycles. The molecule has 0 aromatic rings. The molecule has 0 spiro atoms. The summed E-state index contributed by atoms with van der Waals surface area (Å²) in [6.45, 7) is 3.75. The largest absolute Gasteiger partial charge is 0.322 e. The van der Waals surface area contributed by atoms with Crippen LogP contribution in [0, 0.1) is 0 Å². The Labute approximate surface area is 50.1 Å². The van der Waals surface area contributed by atoms with E-state index in [2.05, 4.69) is 0 Å². The molecule has 0 aliphatic carbocycles. The molecule has 0 bridgehead atoms. The van der Waals surface area contributed by atoms with Crippen molar-refractivity contribution < 1.29 is 4.79 Å². The van der Waals surface area contributed by atoms with E-state index >= 15 is 0 Å². The van der Waals surface area contributed by atoms with Crippen molar-refractivity contribution >= 4 is 5.78 Å². The molecular weight excluding hydrogens is 102 g/mol. The fraction of sp³-hybridized carbons (Fsp3) is 0.833. The van der Waals surface area contributed by atoms with Crippen molar-refractivity contribution in [2.45, 2.75) is 32.7 Å². The molecule has 0 radical (unpaired) electrons. The second-order valence-electron chi connectivity index (χ2n) is 1.83. The number of hydrogen-bond donors (Lipinski definition) is 1. The zero-order chi connectivity index (χ0) is 6.57. The summed E-state index contributed by atoms with van der Waals surface area (Å²) in [5.74, 6) is 0.160. The molecule has 1 unspecified atom stereocenters. The first kappa shape index (κ1) is 7.63. The van der Waals surface area contributed by atoms with Crippen molar-refractivity contribution in [1.82, 2.24) is 0 Å². The van der Waals surface area contributed by atoms with Crippen LogP contribution in [-0.4, -0.2) is 11.8 Å². The molecule has 2 nitrogen and oxygen atoms in total. The van der Waals surface area contributed by atoms with Crippen LogP contribution in [0.2, 0.25) is 0 Å². The van der Waals surface area contributed by atoms with E-state index in [1.807, 2.05) is 13.8 Å². The number of Topliss-reactive ketones (excluding diaryl/α,β-unsaturated/α-hetero) is 1. The van der Waals surface area contributed by atoms with Crippen molar-refractivity contribution in [2.75, 3.05) is 0 Å².